The molecule has 1 aliphatic rings. The standard InChI is InChI=1S/C32H36N2O7/c1-37-27-19-24(20-28(38-2)29(27)39-3)21-33-31(36)32(16-7-11-23-9-5-4-6-10-23)22-41-30(34-32)25-12-14-26(15-13-25)40-18-8-17-35/h4-7,9-15,19-20,35H,8,16-18,21-22H2,1-3H3,(H,33,36)/b11-7+/t32-/m1/s1. The van der Waals surface area contributed by atoms with E-state index in [0.29, 0.717) is 48.3 Å². The second-order valence-electron chi connectivity index (χ2n) is 9.42. The molecule has 1 atom stereocenters. The van der Waals surface area contributed by atoms with E-state index in [4.69, 9.17) is 33.8 Å². The van der Waals surface area contributed by atoms with Gasteiger partial charge in [0.05, 0.1) is 27.9 Å². The number of nitrogens with one attached hydrogen (secondary N) is 1. The van der Waals surface area contributed by atoms with Crippen molar-refractivity contribution in [3.8, 4) is 23.0 Å². The SMILES string of the molecule is COc1cc(CNC(=O)[C@@]2(C/C=C/c3ccccc3)COC(c3ccc(OCCCO)cc3)=N2)cc(OC)c1OC. The molecule has 3 aromatic carbocycles. The Bertz CT molecular complexity index is 1330. The van der Waals surface area contributed by atoms with E-state index in [2.05, 4.69) is 5.32 Å². The summed E-state index contributed by atoms with van der Waals surface area (Å²) in [5.74, 6) is 2.30. The van der Waals surface area contributed by atoms with Gasteiger partial charge in [-0.25, -0.2) is 4.99 Å². The summed E-state index contributed by atoms with van der Waals surface area (Å²) >= 11 is 0. The van der Waals surface area contributed by atoms with Crippen molar-refractivity contribution in [1.82, 2.24) is 5.32 Å². The number of hydrogen-bond donors (Lipinski definition) is 2. The minimum absolute atomic E-state index is 0.0746. The van der Waals surface area contributed by atoms with E-state index in [1.165, 1.54) is 0 Å². The Hall–Kier alpha value is -4.50. The van der Waals surface area contributed by atoms with Gasteiger partial charge in [-0.15, -0.1) is 0 Å². The smallest absolute Gasteiger partial charge is 0.252 e. The molecule has 1 amide bonds. The quantitative estimate of drug-likeness (QED) is 0.281. The fraction of sp³-hybridized carbons (Fsp3) is 0.312. The van der Waals surface area contributed by atoms with Crippen LogP contribution in [0.1, 0.15) is 29.5 Å². The molecule has 3 aromatic rings. The van der Waals surface area contributed by atoms with Crippen LogP contribution in [0.3, 0.4) is 0 Å². The lowest BCUT2D eigenvalue weighted by Gasteiger charge is -2.22. The zero-order valence-electron chi connectivity index (χ0n) is 23.6. The Balaban J connectivity index is 1.55. The number of hydrogen-bond acceptors (Lipinski definition) is 8. The van der Waals surface area contributed by atoms with Crippen LogP contribution in [0.5, 0.6) is 23.0 Å². The third-order valence-corrected chi connectivity index (χ3v) is 6.60. The van der Waals surface area contributed by atoms with Crippen LogP contribution in [0, 0.1) is 0 Å². The van der Waals surface area contributed by atoms with Gasteiger partial charge in [0.2, 0.25) is 11.6 Å². The van der Waals surface area contributed by atoms with Gasteiger partial charge in [-0.1, -0.05) is 42.5 Å². The Morgan fingerprint density at radius 1 is 1.02 bits per heavy atom. The van der Waals surface area contributed by atoms with Gasteiger partial charge in [-0.05, 0) is 47.5 Å². The number of carbonyl (C=O) groups excluding carboxylic acids is 1. The molecule has 0 aromatic heterocycles. The molecule has 9 heteroatoms. The summed E-state index contributed by atoms with van der Waals surface area (Å²) in [4.78, 5) is 18.6. The van der Waals surface area contributed by atoms with Crippen LogP contribution in [-0.4, -0.2) is 63.6 Å². The number of rotatable bonds is 14. The Labute approximate surface area is 240 Å². The maximum Gasteiger partial charge on any atom is 0.252 e. The molecule has 41 heavy (non-hydrogen) atoms. The van der Waals surface area contributed by atoms with E-state index >= 15 is 0 Å². The molecule has 0 saturated heterocycles. The van der Waals surface area contributed by atoms with Crippen LogP contribution < -0.4 is 24.3 Å². The van der Waals surface area contributed by atoms with E-state index < -0.39 is 5.54 Å². The summed E-state index contributed by atoms with van der Waals surface area (Å²) in [7, 11) is 4.64. The molecule has 0 spiro atoms. The number of benzene rings is 3. The van der Waals surface area contributed by atoms with Gasteiger partial charge in [-0.3, -0.25) is 4.79 Å². The average molecular weight is 561 g/mol. The number of amides is 1. The van der Waals surface area contributed by atoms with Crippen molar-refractivity contribution < 1.29 is 33.6 Å². The fourth-order valence-corrected chi connectivity index (χ4v) is 4.39. The second-order valence-corrected chi connectivity index (χ2v) is 9.42. The van der Waals surface area contributed by atoms with Gasteiger partial charge in [0.15, 0.2) is 17.0 Å². The van der Waals surface area contributed by atoms with Gasteiger partial charge < -0.3 is 34.1 Å². The summed E-state index contributed by atoms with van der Waals surface area (Å²) < 4.78 is 27.9. The molecule has 0 unspecified atom stereocenters. The first-order valence-corrected chi connectivity index (χ1v) is 13.4. The third-order valence-electron chi connectivity index (χ3n) is 6.60. The van der Waals surface area contributed by atoms with Gasteiger partial charge in [-0.2, -0.15) is 0 Å². The second kappa shape index (κ2) is 14.2. The van der Waals surface area contributed by atoms with E-state index in [-0.39, 0.29) is 25.7 Å². The number of methoxy groups -OCH3 is 3. The number of aliphatic imine (C=N–C) groups is 1. The summed E-state index contributed by atoms with van der Waals surface area (Å²) in [5, 5.41) is 12.0. The molecule has 1 heterocycles. The van der Waals surface area contributed by atoms with E-state index in [1.807, 2.05) is 66.7 Å². The number of nitrogens with zero attached hydrogens (tertiary/aromatic N) is 1. The monoisotopic (exact) mass is 560 g/mol. The minimum Gasteiger partial charge on any atom is -0.494 e. The molecule has 4 rings (SSSR count). The molecule has 0 radical (unpaired) electrons. The molecule has 9 nitrogen and oxygen atoms in total. The van der Waals surface area contributed by atoms with Gasteiger partial charge >= 0.3 is 0 Å². The van der Waals surface area contributed by atoms with Crippen molar-refractivity contribution in [2.24, 2.45) is 4.99 Å². The number of carbonyl (C=O) groups is 1. The van der Waals surface area contributed by atoms with Crippen LogP contribution in [0.4, 0.5) is 0 Å². The summed E-state index contributed by atoms with van der Waals surface area (Å²) in [6.45, 7) is 0.823. The van der Waals surface area contributed by atoms with E-state index in [9.17, 15) is 4.79 Å². The molecule has 0 bridgehead atoms. The highest BCUT2D eigenvalue weighted by Gasteiger charge is 2.43. The van der Waals surface area contributed by atoms with Crippen molar-refractivity contribution in [3.05, 3.63) is 89.5 Å². The van der Waals surface area contributed by atoms with Gasteiger partial charge in [0.25, 0.3) is 5.91 Å². The van der Waals surface area contributed by atoms with Gasteiger partial charge in [0, 0.05) is 31.6 Å². The molecule has 0 aliphatic carbocycles. The van der Waals surface area contributed by atoms with Crippen LogP contribution in [0.2, 0.25) is 0 Å². The highest BCUT2D eigenvalue weighted by atomic mass is 16.5. The van der Waals surface area contributed by atoms with Crippen molar-refractivity contribution in [2.75, 3.05) is 41.2 Å². The Morgan fingerprint density at radius 2 is 1.73 bits per heavy atom. The Morgan fingerprint density at radius 3 is 2.37 bits per heavy atom. The highest BCUT2D eigenvalue weighted by molar-refractivity contribution is 6.00. The average Bonchev–Trinajstić information content (AvgIpc) is 3.45. The zero-order chi connectivity index (χ0) is 29.1. The van der Waals surface area contributed by atoms with Crippen LogP contribution in [0.25, 0.3) is 6.08 Å². The lowest BCUT2D eigenvalue weighted by Crippen LogP contribution is -2.46. The number of aliphatic hydroxyl groups is 1. The van der Waals surface area contributed by atoms with Crippen LogP contribution in [0.15, 0.2) is 77.8 Å². The fourth-order valence-electron chi connectivity index (χ4n) is 4.39. The van der Waals surface area contributed by atoms with Crippen LogP contribution in [-0.2, 0) is 16.1 Å². The van der Waals surface area contributed by atoms with Crippen molar-refractivity contribution >= 4 is 17.9 Å². The minimum atomic E-state index is -1.16. The first-order chi connectivity index (χ1) is 20.0. The molecular formula is C32H36N2O7. The topological polar surface area (TPSA) is 108 Å². The normalized spacial score (nSPS) is 16.1. The van der Waals surface area contributed by atoms with Crippen molar-refractivity contribution in [1.29, 1.82) is 0 Å². The molecule has 2 N–H and O–H groups in total. The highest BCUT2D eigenvalue weighted by Crippen LogP contribution is 2.38. The summed E-state index contributed by atoms with van der Waals surface area (Å²) in [6, 6.07) is 20.8. The largest absolute Gasteiger partial charge is 0.494 e. The number of ether oxygens (including phenoxy) is 5. The van der Waals surface area contributed by atoms with E-state index in [1.54, 1.807) is 33.5 Å². The molecular weight excluding hydrogens is 524 g/mol. The lowest BCUT2D eigenvalue weighted by atomic mass is 9.95. The first-order valence-electron chi connectivity index (χ1n) is 13.4. The predicted molar refractivity (Wildman–Crippen MR) is 157 cm³/mol. The van der Waals surface area contributed by atoms with E-state index in [0.717, 1.165) is 16.7 Å². The summed E-state index contributed by atoms with van der Waals surface area (Å²) in [6.07, 6.45) is 4.82. The van der Waals surface area contributed by atoms with Crippen LogP contribution >= 0.6 is 0 Å². The Kier molecular flexibility index (Phi) is 10.2. The maximum atomic E-state index is 13.7. The van der Waals surface area contributed by atoms with Crippen molar-refractivity contribution in [3.63, 3.8) is 0 Å². The molecule has 1 aliphatic heterocycles. The zero-order valence-corrected chi connectivity index (χ0v) is 23.6. The van der Waals surface area contributed by atoms with Gasteiger partial charge in [0.1, 0.15) is 12.4 Å². The number of aliphatic hydroxyl groups excluding tert-OH is 1. The first kappa shape index (κ1) is 29.5. The van der Waals surface area contributed by atoms with Crippen molar-refractivity contribution in [2.45, 2.75) is 24.9 Å². The molecule has 216 valence electrons. The predicted octanol–water partition coefficient (Wildman–Crippen LogP) is 4.41. The molecule has 0 fully saturated rings. The summed E-state index contributed by atoms with van der Waals surface area (Å²) in [5.41, 5.74) is 1.39. The maximum absolute atomic E-state index is 13.7. The third kappa shape index (κ3) is 7.37. The lowest BCUT2D eigenvalue weighted by molar-refractivity contribution is -0.126. The molecule has 0 saturated carbocycles.